The van der Waals surface area contributed by atoms with Crippen molar-refractivity contribution in [3.05, 3.63) is 81.6 Å². The Hall–Kier alpha value is -3.42. The molecule has 0 spiro atoms. The number of rotatable bonds is 8. The third-order valence-corrected chi connectivity index (χ3v) is 5.73. The van der Waals surface area contributed by atoms with E-state index in [-0.39, 0.29) is 51.2 Å². The van der Waals surface area contributed by atoms with Crippen molar-refractivity contribution in [2.75, 3.05) is 39.6 Å². The summed E-state index contributed by atoms with van der Waals surface area (Å²) in [6.45, 7) is 1.57. The summed E-state index contributed by atoms with van der Waals surface area (Å²) in [5.41, 5.74) is 2.30. The molecule has 8 heteroatoms. The van der Waals surface area contributed by atoms with Crippen LogP contribution in [0.25, 0.3) is 0 Å². The van der Waals surface area contributed by atoms with Crippen molar-refractivity contribution >= 4 is 28.9 Å². The first kappa shape index (κ1) is 22.8. The van der Waals surface area contributed by atoms with Crippen molar-refractivity contribution in [3.8, 4) is 11.5 Å². The number of nitrogens with zero attached hydrogens (tertiary/aromatic N) is 2. The maximum absolute atomic E-state index is 13.7. The van der Waals surface area contributed by atoms with Crippen LogP contribution in [0.1, 0.15) is 37.4 Å². The van der Waals surface area contributed by atoms with E-state index in [9.17, 15) is 9.59 Å². The molecule has 33 heavy (non-hydrogen) atoms. The predicted molar refractivity (Wildman–Crippen MR) is 127 cm³/mol. The molecule has 1 aromatic heterocycles. The van der Waals surface area contributed by atoms with E-state index in [0.717, 1.165) is 17.9 Å². The Morgan fingerprint density at radius 3 is 2.42 bits per heavy atom. The highest BCUT2D eigenvalue weighted by Crippen LogP contribution is 2.39. The van der Waals surface area contributed by atoms with Crippen LogP contribution >= 0.6 is 11.6 Å². The zero-order chi connectivity index (χ0) is 23.5. The second-order valence-electron chi connectivity index (χ2n) is 7.93. The maximum Gasteiger partial charge on any atom is 0.200 e. The molecule has 7 nitrogen and oxygen atoms in total. The fourth-order valence-electron chi connectivity index (χ4n) is 3.70. The van der Waals surface area contributed by atoms with Gasteiger partial charge in [0.15, 0.2) is 5.78 Å². The average molecular weight is 466 g/mol. The van der Waals surface area contributed by atoms with Crippen molar-refractivity contribution < 1.29 is 19.1 Å². The zero-order valence-corrected chi connectivity index (χ0v) is 19.4. The minimum atomic E-state index is -0.344. The van der Waals surface area contributed by atoms with Gasteiger partial charge in [-0.15, -0.1) is 0 Å². The third-order valence-electron chi connectivity index (χ3n) is 5.42. The number of halogens is 1. The predicted octanol–water partition coefficient (Wildman–Crippen LogP) is 4.07. The molecule has 0 saturated carbocycles. The molecule has 0 atom stereocenters. The molecule has 0 fully saturated rings. The number of likely N-dealkylation sites (N-methyl/N-ethyl adjacent to an activating group) is 1. The number of ketones is 2. The highest BCUT2D eigenvalue weighted by atomic mass is 35.5. The summed E-state index contributed by atoms with van der Waals surface area (Å²) in [5.74, 6) is 0.331. The molecular formula is C25H24ClN3O4. The van der Waals surface area contributed by atoms with Gasteiger partial charge < -0.3 is 19.7 Å². The molecule has 0 bridgehead atoms. The Labute approximate surface area is 197 Å². The molecule has 1 aliphatic carbocycles. The lowest BCUT2D eigenvalue weighted by molar-refractivity contribution is 0.0975. The van der Waals surface area contributed by atoms with Crippen LogP contribution in [-0.2, 0) is 6.61 Å². The molecule has 4 rings (SSSR count). The Morgan fingerprint density at radius 2 is 1.73 bits per heavy atom. The lowest BCUT2D eigenvalue weighted by Crippen LogP contribution is -2.26. The highest BCUT2D eigenvalue weighted by molar-refractivity contribution is 6.40. The van der Waals surface area contributed by atoms with Gasteiger partial charge in [-0.05, 0) is 43.9 Å². The normalized spacial score (nSPS) is 12.4. The van der Waals surface area contributed by atoms with E-state index in [1.807, 2.05) is 43.3 Å². The first-order valence-corrected chi connectivity index (χ1v) is 10.8. The van der Waals surface area contributed by atoms with Crippen LogP contribution in [-0.4, -0.2) is 55.7 Å². The SMILES string of the molecule is COc1ccc(COc2cncc3c2C(=O)c2c(NCCN(C)C)ccc(Cl)c2C3=O)cc1. The lowest BCUT2D eigenvalue weighted by Gasteiger charge is -2.23. The van der Waals surface area contributed by atoms with Crippen LogP contribution in [0.15, 0.2) is 48.8 Å². The van der Waals surface area contributed by atoms with Crippen LogP contribution in [0.5, 0.6) is 11.5 Å². The third kappa shape index (κ3) is 4.55. The van der Waals surface area contributed by atoms with Gasteiger partial charge >= 0.3 is 0 Å². The van der Waals surface area contributed by atoms with Gasteiger partial charge in [-0.25, -0.2) is 0 Å². The van der Waals surface area contributed by atoms with E-state index in [1.165, 1.54) is 12.4 Å². The molecule has 0 aliphatic heterocycles. The monoisotopic (exact) mass is 465 g/mol. The standard InChI is InChI=1S/C25H24ClN3O4/c1-29(2)11-10-28-19-9-8-18(26)22-23(19)25(31)21-17(24(22)30)12-27-13-20(21)33-14-15-4-6-16(32-3)7-5-15/h4-9,12-13,28H,10-11,14H2,1-3H3. The number of carbonyl (C=O) groups is 2. The number of aromatic nitrogens is 1. The van der Waals surface area contributed by atoms with Crippen LogP contribution in [0.3, 0.4) is 0 Å². The number of hydrogen-bond acceptors (Lipinski definition) is 7. The van der Waals surface area contributed by atoms with Crippen molar-refractivity contribution in [2.24, 2.45) is 0 Å². The molecule has 3 aromatic rings. The number of ether oxygens (including phenoxy) is 2. The van der Waals surface area contributed by atoms with E-state index in [1.54, 1.807) is 19.2 Å². The van der Waals surface area contributed by atoms with E-state index >= 15 is 0 Å². The molecule has 1 N–H and O–H groups in total. The molecular weight excluding hydrogens is 442 g/mol. The van der Waals surface area contributed by atoms with E-state index in [2.05, 4.69) is 10.3 Å². The van der Waals surface area contributed by atoms with E-state index < -0.39 is 0 Å². The quantitative estimate of drug-likeness (QED) is 0.420. The smallest absolute Gasteiger partial charge is 0.200 e. The largest absolute Gasteiger partial charge is 0.497 e. The van der Waals surface area contributed by atoms with Gasteiger partial charge in [-0.2, -0.15) is 0 Å². The second-order valence-corrected chi connectivity index (χ2v) is 8.34. The summed E-state index contributed by atoms with van der Waals surface area (Å²) >= 11 is 6.36. The summed E-state index contributed by atoms with van der Waals surface area (Å²) in [4.78, 5) is 33.1. The van der Waals surface area contributed by atoms with Crippen LogP contribution in [0.4, 0.5) is 5.69 Å². The second kappa shape index (κ2) is 9.60. The fraction of sp³-hybridized carbons (Fsp3) is 0.240. The van der Waals surface area contributed by atoms with Gasteiger partial charge in [0.1, 0.15) is 18.1 Å². The van der Waals surface area contributed by atoms with E-state index in [4.69, 9.17) is 21.1 Å². The molecule has 0 saturated heterocycles. The topological polar surface area (TPSA) is 80.8 Å². The number of pyridine rings is 1. The van der Waals surface area contributed by atoms with Crippen LogP contribution in [0, 0.1) is 0 Å². The molecule has 0 radical (unpaired) electrons. The fourth-order valence-corrected chi connectivity index (χ4v) is 3.94. The number of benzene rings is 2. The molecule has 1 heterocycles. The number of anilines is 1. The zero-order valence-electron chi connectivity index (χ0n) is 18.6. The molecule has 0 unspecified atom stereocenters. The van der Waals surface area contributed by atoms with Gasteiger partial charge in [-0.3, -0.25) is 14.6 Å². The summed E-state index contributed by atoms with van der Waals surface area (Å²) in [7, 11) is 5.52. The first-order chi connectivity index (χ1) is 15.9. The van der Waals surface area contributed by atoms with Gasteiger partial charge in [0.05, 0.1) is 40.6 Å². The van der Waals surface area contributed by atoms with Gasteiger partial charge in [-0.1, -0.05) is 23.7 Å². The van der Waals surface area contributed by atoms with Crippen molar-refractivity contribution in [2.45, 2.75) is 6.61 Å². The Morgan fingerprint density at radius 1 is 0.970 bits per heavy atom. The summed E-state index contributed by atoms with van der Waals surface area (Å²) < 4.78 is 11.1. The maximum atomic E-state index is 13.7. The number of carbonyl (C=O) groups excluding carboxylic acids is 2. The van der Waals surface area contributed by atoms with Gasteiger partial charge in [0, 0.05) is 25.0 Å². The molecule has 2 aromatic carbocycles. The number of hydrogen-bond donors (Lipinski definition) is 1. The van der Waals surface area contributed by atoms with Crippen LogP contribution < -0.4 is 14.8 Å². The minimum absolute atomic E-state index is 0.187. The van der Waals surface area contributed by atoms with Crippen molar-refractivity contribution in [3.63, 3.8) is 0 Å². The van der Waals surface area contributed by atoms with Gasteiger partial charge in [0.2, 0.25) is 5.78 Å². The number of nitrogens with one attached hydrogen (secondary N) is 1. The summed E-state index contributed by atoms with van der Waals surface area (Å²) in [5, 5.41) is 3.49. The Kier molecular flexibility index (Phi) is 6.62. The molecule has 1 aliphatic rings. The van der Waals surface area contributed by atoms with E-state index in [0.29, 0.717) is 12.2 Å². The number of fused-ring (bicyclic) bond motifs is 2. The molecule has 0 amide bonds. The summed E-state index contributed by atoms with van der Waals surface area (Å²) in [6.07, 6.45) is 2.85. The van der Waals surface area contributed by atoms with Crippen LogP contribution in [0.2, 0.25) is 5.02 Å². The highest BCUT2D eigenvalue weighted by Gasteiger charge is 2.36. The van der Waals surface area contributed by atoms with Gasteiger partial charge in [0.25, 0.3) is 0 Å². The minimum Gasteiger partial charge on any atom is -0.497 e. The Balaban J connectivity index is 1.68. The number of methoxy groups -OCH3 is 1. The van der Waals surface area contributed by atoms with Crippen molar-refractivity contribution in [1.82, 2.24) is 9.88 Å². The van der Waals surface area contributed by atoms with Crippen molar-refractivity contribution in [1.29, 1.82) is 0 Å². The molecule has 170 valence electrons. The Bertz CT molecular complexity index is 1210. The summed E-state index contributed by atoms with van der Waals surface area (Å²) in [6, 6.07) is 10.8. The lowest BCUT2D eigenvalue weighted by atomic mass is 9.83. The average Bonchev–Trinajstić information content (AvgIpc) is 2.81. The first-order valence-electron chi connectivity index (χ1n) is 10.4.